The van der Waals surface area contributed by atoms with Gasteiger partial charge in [0.1, 0.15) is 11.7 Å². The number of hydrogen-bond donors (Lipinski definition) is 4. The van der Waals surface area contributed by atoms with Gasteiger partial charge in [-0.3, -0.25) is 9.69 Å². The van der Waals surface area contributed by atoms with Gasteiger partial charge in [-0.05, 0) is 41.5 Å². The Labute approximate surface area is 162 Å². The number of fused-ring (bicyclic) bond motifs is 1. The molecule has 27 heavy (non-hydrogen) atoms. The number of aryl methyl sites for hydroxylation is 1. The molecule has 0 radical (unpaired) electrons. The largest absolute Gasteiger partial charge is 0.388 e. The molecule has 3 heterocycles. The summed E-state index contributed by atoms with van der Waals surface area (Å²) in [7, 11) is 0. The zero-order valence-electron chi connectivity index (χ0n) is 15.0. The number of β-amino-alcohol motifs (C(OH)–C–C–N with tert-alkyl or cyclic N) is 2. The Hall–Kier alpha value is -1.77. The van der Waals surface area contributed by atoms with Crippen molar-refractivity contribution >= 4 is 22.9 Å². The summed E-state index contributed by atoms with van der Waals surface area (Å²) in [5.41, 5.74) is 1.45. The summed E-state index contributed by atoms with van der Waals surface area (Å²) in [6, 6.07) is 9.34. The van der Waals surface area contributed by atoms with E-state index in [0.717, 1.165) is 21.7 Å². The number of nitrogens with one attached hydrogen (secondary N) is 1. The first kappa shape index (κ1) is 18.6. The molecule has 7 heteroatoms. The van der Waals surface area contributed by atoms with E-state index >= 15 is 0 Å². The van der Waals surface area contributed by atoms with Gasteiger partial charge in [-0.25, -0.2) is 0 Å². The lowest BCUT2D eigenvalue weighted by molar-refractivity contribution is -0.126. The standard InChI is InChI=1S/C20H24N2O4S/c23-16(14-3-5-15-13(10-14)4-6-19(25)21-15)11-22-8-7-20(26,17(24)12-22)18-2-1-9-27-18/h1-3,5,9-10,16-17,23-24,26H,4,6-8,11-12H2,(H,21,25)/t16-,17-,20-/m0/s1. The van der Waals surface area contributed by atoms with Crippen molar-refractivity contribution in [1.82, 2.24) is 4.90 Å². The maximum atomic E-state index is 11.5. The van der Waals surface area contributed by atoms with Crippen LogP contribution < -0.4 is 5.32 Å². The molecule has 1 saturated heterocycles. The number of aliphatic hydroxyl groups excluding tert-OH is 2. The summed E-state index contributed by atoms with van der Waals surface area (Å²) in [5, 5.41) is 36.8. The van der Waals surface area contributed by atoms with E-state index in [4.69, 9.17) is 0 Å². The number of piperidine rings is 1. The fourth-order valence-electron chi connectivity index (χ4n) is 3.92. The summed E-state index contributed by atoms with van der Waals surface area (Å²) in [5.74, 6) is 0.0244. The van der Waals surface area contributed by atoms with E-state index in [-0.39, 0.29) is 5.91 Å². The minimum atomic E-state index is -1.21. The van der Waals surface area contributed by atoms with Crippen molar-refractivity contribution < 1.29 is 20.1 Å². The third-order valence-corrected chi connectivity index (χ3v) is 6.62. The summed E-state index contributed by atoms with van der Waals surface area (Å²) in [4.78, 5) is 14.2. The van der Waals surface area contributed by atoms with E-state index in [1.54, 1.807) is 0 Å². The lowest BCUT2D eigenvalue weighted by Gasteiger charge is -2.42. The molecule has 0 unspecified atom stereocenters. The Morgan fingerprint density at radius 3 is 2.93 bits per heavy atom. The Morgan fingerprint density at radius 2 is 2.19 bits per heavy atom. The number of rotatable bonds is 4. The lowest BCUT2D eigenvalue weighted by atomic mass is 9.87. The van der Waals surface area contributed by atoms with E-state index in [1.807, 2.05) is 40.6 Å². The number of amides is 1. The normalized spacial score (nSPS) is 27.1. The van der Waals surface area contributed by atoms with Gasteiger partial charge in [0.05, 0.1) is 6.10 Å². The van der Waals surface area contributed by atoms with Crippen LogP contribution in [0, 0.1) is 0 Å². The second-order valence-electron chi connectivity index (χ2n) is 7.41. The molecule has 4 rings (SSSR count). The van der Waals surface area contributed by atoms with Crippen molar-refractivity contribution in [3.05, 3.63) is 51.7 Å². The SMILES string of the molecule is O=C1CCc2cc([C@@H](O)CN3CC[C@@](O)(c4cccs4)[C@@H](O)C3)ccc2N1. The highest BCUT2D eigenvalue weighted by molar-refractivity contribution is 7.10. The van der Waals surface area contributed by atoms with Gasteiger partial charge in [-0.2, -0.15) is 0 Å². The minimum absolute atomic E-state index is 0.0244. The number of aliphatic hydroxyl groups is 3. The molecule has 2 aliphatic heterocycles. The van der Waals surface area contributed by atoms with E-state index in [0.29, 0.717) is 38.9 Å². The Balaban J connectivity index is 1.41. The van der Waals surface area contributed by atoms with Gasteiger partial charge in [0.25, 0.3) is 0 Å². The van der Waals surface area contributed by atoms with E-state index in [9.17, 15) is 20.1 Å². The lowest BCUT2D eigenvalue weighted by Crippen LogP contribution is -2.53. The highest BCUT2D eigenvalue weighted by Crippen LogP contribution is 2.36. The first-order chi connectivity index (χ1) is 13.0. The van der Waals surface area contributed by atoms with Crippen LogP contribution in [0.1, 0.15) is 34.9 Å². The highest BCUT2D eigenvalue weighted by Gasteiger charge is 2.43. The molecule has 1 aromatic heterocycles. The first-order valence-electron chi connectivity index (χ1n) is 9.23. The average Bonchev–Trinajstić information content (AvgIpc) is 3.20. The zero-order chi connectivity index (χ0) is 19.0. The monoisotopic (exact) mass is 388 g/mol. The van der Waals surface area contributed by atoms with E-state index in [2.05, 4.69) is 5.32 Å². The minimum Gasteiger partial charge on any atom is -0.388 e. The Bertz CT molecular complexity index is 825. The molecule has 2 aromatic rings. The Kier molecular flexibility index (Phi) is 5.05. The number of thiophene rings is 1. The van der Waals surface area contributed by atoms with Crippen LogP contribution in [0.3, 0.4) is 0 Å². The number of carbonyl (C=O) groups excluding carboxylic acids is 1. The summed E-state index contributed by atoms with van der Waals surface area (Å²) in [6.07, 6.45) is -0.00850. The predicted octanol–water partition coefficient (Wildman–Crippen LogP) is 1.62. The molecule has 1 amide bonds. The van der Waals surface area contributed by atoms with Crippen molar-refractivity contribution in [2.45, 2.75) is 37.1 Å². The van der Waals surface area contributed by atoms with Crippen LogP contribution in [0.25, 0.3) is 0 Å². The predicted molar refractivity (Wildman–Crippen MR) is 104 cm³/mol. The molecule has 0 bridgehead atoms. The first-order valence-corrected chi connectivity index (χ1v) is 10.1. The fraction of sp³-hybridized carbons (Fsp3) is 0.450. The third kappa shape index (κ3) is 3.66. The number of likely N-dealkylation sites (tertiary alicyclic amines) is 1. The van der Waals surface area contributed by atoms with Crippen LogP contribution in [0.5, 0.6) is 0 Å². The molecule has 1 aromatic carbocycles. The number of nitrogens with zero attached hydrogens (tertiary/aromatic N) is 1. The number of benzene rings is 1. The average molecular weight is 388 g/mol. The summed E-state index contributed by atoms with van der Waals surface area (Å²) in [6.45, 7) is 1.30. The number of anilines is 1. The Morgan fingerprint density at radius 1 is 1.33 bits per heavy atom. The van der Waals surface area contributed by atoms with Gasteiger partial charge in [-0.15, -0.1) is 11.3 Å². The summed E-state index contributed by atoms with van der Waals surface area (Å²) < 4.78 is 0. The van der Waals surface area contributed by atoms with Crippen LogP contribution in [0.4, 0.5) is 5.69 Å². The molecule has 3 atom stereocenters. The molecule has 144 valence electrons. The van der Waals surface area contributed by atoms with Crippen molar-refractivity contribution in [3.63, 3.8) is 0 Å². The van der Waals surface area contributed by atoms with Crippen molar-refractivity contribution in [1.29, 1.82) is 0 Å². The van der Waals surface area contributed by atoms with Gasteiger partial charge in [0.2, 0.25) is 5.91 Å². The molecule has 0 spiro atoms. The van der Waals surface area contributed by atoms with Crippen molar-refractivity contribution in [2.24, 2.45) is 0 Å². The highest BCUT2D eigenvalue weighted by atomic mass is 32.1. The molecule has 4 N–H and O–H groups in total. The molecular weight excluding hydrogens is 364 g/mol. The molecule has 1 fully saturated rings. The topological polar surface area (TPSA) is 93.0 Å². The molecule has 6 nitrogen and oxygen atoms in total. The fourth-order valence-corrected chi connectivity index (χ4v) is 4.82. The molecule has 2 aliphatic rings. The van der Waals surface area contributed by atoms with Crippen molar-refractivity contribution in [3.8, 4) is 0 Å². The van der Waals surface area contributed by atoms with Crippen LogP contribution in [-0.2, 0) is 16.8 Å². The zero-order valence-corrected chi connectivity index (χ0v) is 15.8. The van der Waals surface area contributed by atoms with Gasteiger partial charge < -0.3 is 20.6 Å². The number of hydrogen-bond acceptors (Lipinski definition) is 6. The second-order valence-corrected chi connectivity index (χ2v) is 8.36. The van der Waals surface area contributed by atoms with E-state index in [1.165, 1.54) is 11.3 Å². The van der Waals surface area contributed by atoms with Crippen molar-refractivity contribution in [2.75, 3.05) is 25.0 Å². The quantitative estimate of drug-likeness (QED) is 0.639. The van der Waals surface area contributed by atoms with Crippen LogP contribution >= 0.6 is 11.3 Å². The smallest absolute Gasteiger partial charge is 0.224 e. The maximum absolute atomic E-state index is 11.5. The summed E-state index contributed by atoms with van der Waals surface area (Å²) >= 11 is 1.45. The van der Waals surface area contributed by atoms with Gasteiger partial charge in [-0.1, -0.05) is 18.2 Å². The van der Waals surface area contributed by atoms with Crippen LogP contribution in [0.15, 0.2) is 35.7 Å². The van der Waals surface area contributed by atoms with E-state index < -0.39 is 17.8 Å². The molecular formula is C20H24N2O4S. The van der Waals surface area contributed by atoms with Gasteiger partial charge >= 0.3 is 0 Å². The van der Waals surface area contributed by atoms with Gasteiger partial charge in [0, 0.05) is 36.6 Å². The van der Waals surface area contributed by atoms with Crippen LogP contribution in [0.2, 0.25) is 0 Å². The van der Waals surface area contributed by atoms with Crippen LogP contribution in [-0.4, -0.2) is 51.9 Å². The maximum Gasteiger partial charge on any atom is 0.224 e. The third-order valence-electron chi connectivity index (χ3n) is 5.58. The molecule has 0 aliphatic carbocycles. The number of carbonyl (C=O) groups is 1. The van der Waals surface area contributed by atoms with Gasteiger partial charge in [0.15, 0.2) is 0 Å². The second kappa shape index (κ2) is 7.33. The molecule has 0 saturated carbocycles.